The van der Waals surface area contributed by atoms with Crippen LogP contribution in [0.4, 0.5) is 0 Å². The molecule has 0 saturated carbocycles. The van der Waals surface area contributed by atoms with E-state index in [1.54, 1.807) is 0 Å². The zero-order chi connectivity index (χ0) is 8.27. The van der Waals surface area contributed by atoms with Gasteiger partial charge in [-0.25, -0.2) is 0 Å². The van der Waals surface area contributed by atoms with Gasteiger partial charge in [0, 0.05) is 5.69 Å². The maximum atomic E-state index is 5.06. The highest BCUT2D eigenvalue weighted by atomic mass is 32.1. The van der Waals surface area contributed by atoms with Crippen LogP contribution >= 0.6 is 12.2 Å². The molecule has 0 aliphatic rings. The number of aryl methyl sites for hydroxylation is 2. The molecule has 0 atom stereocenters. The standard InChI is InChI=1S/C9H13NS/c1-3-7-5-8(4-2)10-9(11)6-7/h5-6H,3-4H2,1-2H3,(H,10,11). The zero-order valence-electron chi connectivity index (χ0n) is 6.98. The molecule has 60 valence electrons. The van der Waals surface area contributed by atoms with Gasteiger partial charge in [0.15, 0.2) is 0 Å². The third-order valence-corrected chi connectivity index (χ3v) is 1.97. The van der Waals surface area contributed by atoms with Gasteiger partial charge in [0.05, 0.1) is 0 Å². The largest absolute Gasteiger partial charge is 0.350 e. The maximum Gasteiger partial charge on any atom is 0.103 e. The monoisotopic (exact) mass is 167 g/mol. The normalized spacial score (nSPS) is 10.0. The first-order valence-corrected chi connectivity index (χ1v) is 4.39. The summed E-state index contributed by atoms with van der Waals surface area (Å²) >= 11 is 5.06. The van der Waals surface area contributed by atoms with E-state index in [9.17, 15) is 0 Å². The quantitative estimate of drug-likeness (QED) is 0.670. The van der Waals surface area contributed by atoms with Gasteiger partial charge in [-0.2, -0.15) is 0 Å². The highest BCUT2D eigenvalue weighted by Crippen LogP contribution is 2.04. The number of nitrogens with one attached hydrogen (secondary N) is 1. The summed E-state index contributed by atoms with van der Waals surface area (Å²) in [5.74, 6) is 0. The van der Waals surface area contributed by atoms with E-state index in [1.807, 2.05) is 6.07 Å². The van der Waals surface area contributed by atoms with E-state index in [0.29, 0.717) is 0 Å². The van der Waals surface area contributed by atoms with Crippen LogP contribution in [0.25, 0.3) is 0 Å². The molecule has 0 aliphatic heterocycles. The molecule has 0 fully saturated rings. The maximum absolute atomic E-state index is 5.06. The smallest absolute Gasteiger partial charge is 0.103 e. The Bertz CT molecular complexity index is 263. The number of hydrogen-bond acceptors (Lipinski definition) is 1. The summed E-state index contributed by atoms with van der Waals surface area (Å²) in [5, 5.41) is 0. The van der Waals surface area contributed by atoms with Crippen molar-refractivity contribution < 1.29 is 0 Å². The molecule has 0 amide bonds. The Hall–Kier alpha value is -0.630. The van der Waals surface area contributed by atoms with E-state index >= 15 is 0 Å². The molecular formula is C9H13NS. The van der Waals surface area contributed by atoms with Gasteiger partial charge in [0.25, 0.3) is 0 Å². The van der Waals surface area contributed by atoms with Crippen molar-refractivity contribution in [2.45, 2.75) is 26.7 Å². The molecule has 1 aromatic rings. The molecule has 11 heavy (non-hydrogen) atoms. The molecule has 1 rings (SSSR count). The second-order valence-corrected chi connectivity index (χ2v) is 3.03. The van der Waals surface area contributed by atoms with Crippen molar-refractivity contribution in [1.82, 2.24) is 4.98 Å². The summed E-state index contributed by atoms with van der Waals surface area (Å²) in [6, 6.07) is 4.20. The summed E-state index contributed by atoms with van der Waals surface area (Å²) in [5.41, 5.74) is 2.56. The summed E-state index contributed by atoms with van der Waals surface area (Å²) in [7, 11) is 0. The Morgan fingerprint density at radius 3 is 2.55 bits per heavy atom. The highest BCUT2D eigenvalue weighted by Gasteiger charge is 1.92. The van der Waals surface area contributed by atoms with Gasteiger partial charge in [0.2, 0.25) is 0 Å². The lowest BCUT2D eigenvalue weighted by molar-refractivity contribution is 0.998. The van der Waals surface area contributed by atoms with Gasteiger partial charge in [-0.3, -0.25) is 0 Å². The number of pyridine rings is 1. The third kappa shape index (κ3) is 2.15. The first-order valence-electron chi connectivity index (χ1n) is 3.98. The molecule has 0 unspecified atom stereocenters. The average molecular weight is 167 g/mol. The lowest BCUT2D eigenvalue weighted by Crippen LogP contribution is -1.90. The highest BCUT2D eigenvalue weighted by molar-refractivity contribution is 7.71. The molecule has 0 saturated heterocycles. The molecular weight excluding hydrogens is 154 g/mol. The zero-order valence-corrected chi connectivity index (χ0v) is 7.79. The third-order valence-electron chi connectivity index (χ3n) is 1.75. The fourth-order valence-electron chi connectivity index (χ4n) is 1.06. The predicted octanol–water partition coefficient (Wildman–Crippen LogP) is 2.87. The Morgan fingerprint density at radius 2 is 2.00 bits per heavy atom. The van der Waals surface area contributed by atoms with Crippen LogP contribution in [0.5, 0.6) is 0 Å². The van der Waals surface area contributed by atoms with E-state index in [1.165, 1.54) is 11.3 Å². The molecule has 0 spiro atoms. The predicted molar refractivity (Wildman–Crippen MR) is 50.4 cm³/mol. The van der Waals surface area contributed by atoms with Crippen molar-refractivity contribution >= 4 is 12.2 Å². The van der Waals surface area contributed by atoms with Crippen LogP contribution in [0.1, 0.15) is 25.1 Å². The van der Waals surface area contributed by atoms with E-state index in [2.05, 4.69) is 24.9 Å². The van der Waals surface area contributed by atoms with E-state index < -0.39 is 0 Å². The summed E-state index contributed by atoms with van der Waals surface area (Å²) in [6.07, 6.45) is 2.09. The van der Waals surface area contributed by atoms with Crippen molar-refractivity contribution in [2.75, 3.05) is 0 Å². The van der Waals surface area contributed by atoms with Crippen molar-refractivity contribution in [1.29, 1.82) is 0 Å². The summed E-state index contributed by atoms with van der Waals surface area (Å²) in [4.78, 5) is 3.15. The van der Waals surface area contributed by atoms with E-state index in [4.69, 9.17) is 12.2 Å². The van der Waals surface area contributed by atoms with Crippen LogP contribution < -0.4 is 0 Å². The molecule has 2 heteroatoms. The lowest BCUT2D eigenvalue weighted by Gasteiger charge is -2.00. The van der Waals surface area contributed by atoms with Crippen molar-refractivity contribution in [2.24, 2.45) is 0 Å². The molecule has 1 nitrogen and oxygen atoms in total. The fraction of sp³-hybridized carbons (Fsp3) is 0.444. The second kappa shape index (κ2) is 3.67. The lowest BCUT2D eigenvalue weighted by atomic mass is 10.1. The van der Waals surface area contributed by atoms with Crippen molar-refractivity contribution in [3.8, 4) is 0 Å². The number of hydrogen-bond donors (Lipinski definition) is 1. The summed E-state index contributed by atoms with van der Waals surface area (Å²) < 4.78 is 0.848. The van der Waals surface area contributed by atoms with Crippen molar-refractivity contribution in [3.63, 3.8) is 0 Å². The Kier molecular flexibility index (Phi) is 2.83. The first-order chi connectivity index (χ1) is 5.26. The fourth-order valence-corrected chi connectivity index (χ4v) is 1.34. The van der Waals surface area contributed by atoms with Crippen LogP contribution in [-0.2, 0) is 12.8 Å². The minimum absolute atomic E-state index is 0.848. The molecule has 0 bridgehead atoms. The Labute approximate surface area is 72.5 Å². The second-order valence-electron chi connectivity index (χ2n) is 2.59. The van der Waals surface area contributed by atoms with Crippen LogP contribution in [0.3, 0.4) is 0 Å². The van der Waals surface area contributed by atoms with Crippen LogP contribution in [-0.4, -0.2) is 4.98 Å². The van der Waals surface area contributed by atoms with Gasteiger partial charge < -0.3 is 4.98 Å². The SMILES string of the molecule is CCc1cc(CC)[nH]c(=S)c1. The van der Waals surface area contributed by atoms with Crippen LogP contribution in [0.2, 0.25) is 0 Å². The van der Waals surface area contributed by atoms with E-state index in [-0.39, 0.29) is 0 Å². The minimum Gasteiger partial charge on any atom is -0.350 e. The van der Waals surface area contributed by atoms with Crippen molar-refractivity contribution in [3.05, 3.63) is 28.0 Å². The number of rotatable bonds is 2. The van der Waals surface area contributed by atoms with E-state index in [0.717, 1.165) is 17.5 Å². The van der Waals surface area contributed by atoms with Gasteiger partial charge in [0.1, 0.15) is 4.64 Å². The average Bonchev–Trinajstić information content (AvgIpc) is 2.03. The minimum atomic E-state index is 0.848. The van der Waals surface area contributed by atoms with Crippen LogP contribution in [0.15, 0.2) is 12.1 Å². The van der Waals surface area contributed by atoms with Gasteiger partial charge in [-0.05, 0) is 30.5 Å². The van der Waals surface area contributed by atoms with Gasteiger partial charge >= 0.3 is 0 Å². The summed E-state index contributed by atoms with van der Waals surface area (Å²) in [6.45, 7) is 4.27. The Balaban J connectivity index is 3.12. The molecule has 0 aromatic carbocycles. The topological polar surface area (TPSA) is 15.8 Å². The molecule has 1 heterocycles. The van der Waals surface area contributed by atoms with Gasteiger partial charge in [-0.15, -0.1) is 0 Å². The first kappa shape index (κ1) is 8.47. The number of aromatic amines is 1. The van der Waals surface area contributed by atoms with Crippen LogP contribution in [0, 0.1) is 4.64 Å². The Morgan fingerprint density at radius 1 is 1.27 bits per heavy atom. The molecule has 1 N–H and O–H groups in total. The number of H-pyrrole nitrogens is 1. The number of aromatic nitrogens is 1. The van der Waals surface area contributed by atoms with Gasteiger partial charge in [-0.1, -0.05) is 26.1 Å². The molecule has 1 aromatic heterocycles. The molecule has 0 aliphatic carbocycles. The molecule has 0 radical (unpaired) electrons.